The maximum atomic E-state index is 12.2. The minimum Gasteiger partial charge on any atom is -0.395 e. The molecular formula is C15H26N2O3. The summed E-state index contributed by atoms with van der Waals surface area (Å²) in [5.74, 6) is 0.285. The fraction of sp³-hybridized carbons (Fsp3) is 0.867. The molecule has 0 spiro atoms. The first-order chi connectivity index (χ1) is 9.61. The second kappa shape index (κ2) is 7.07. The Balaban J connectivity index is 1.76. The SMILES string of the molecule is CC(CC(=O)N(CCO)C1CC1)NC(=O)C1CCCC1. The molecule has 20 heavy (non-hydrogen) atoms. The lowest BCUT2D eigenvalue weighted by Gasteiger charge is -2.24. The number of amides is 2. The Labute approximate surface area is 120 Å². The molecule has 5 nitrogen and oxygen atoms in total. The van der Waals surface area contributed by atoms with Crippen molar-refractivity contribution in [1.29, 1.82) is 0 Å². The summed E-state index contributed by atoms with van der Waals surface area (Å²) >= 11 is 0. The van der Waals surface area contributed by atoms with E-state index >= 15 is 0 Å². The molecule has 0 aromatic carbocycles. The highest BCUT2D eigenvalue weighted by atomic mass is 16.3. The second-order valence-electron chi connectivity index (χ2n) is 6.14. The molecule has 0 radical (unpaired) electrons. The van der Waals surface area contributed by atoms with E-state index in [1.54, 1.807) is 4.90 Å². The van der Waals surface area contributed by atoms with Crippen molar-refractivity contribution in [3.05, 3.63) is 0 Å². The van der Waals surface area contributed by atoms with Gasteiger partial charge in [-0.25, -0.2) is 0 Å². The number of carbonyl (C=O) groups is 2. The molecule has 0 aromatic rings. The molecule has 5 heteroatoms. The average Bonchev–Trinajstić information content (AvgIpc) is 3.08. The minimum absolute atomic E-state index is 0.00501. The summed E-state index contributed by atoms with van der Waals surface area (Å²) in [5.41, 5.74) is 0. The number of aliphatic hydroxyl groups is 1. The van der Waals surface area contributed by atoms with E-state index < -0.39 is 0 Å². The van der Waals surface area contributed by atoms with Gasteiger partial charge in [-0.3, -0.25) is 9.59 Å². The lowest BCUT2D eigenvalue weighted by Crippen LogP contribution is -2.42. The first-order valence-electron chi connectivity index (χ1n) is 7.82. The molecule has 2 fully saturated rings. The van der Waals surface area contributed by atoms with E-state index in [1.807, 2.05) is 6.92 Å². The molecule has 1 atom stereocenters. The van der Waals surface area contributed by atoms with Gasteiger partial charge in [-0.2, -0.15) is 0 Å². The van der Waals surface area contributed by atoms with Gasteiger partial charge in [0.15, 0.2) is 0 Å². The Kier molecular flexibility index (Phi) is 5.40. The Hall–Kier alpha value is -1.10. The summed E-state index contributed by atoms with van der Waals surface area (Å²) in [5, 5.41) is 12.0. The molecule has 0 aliphatic heterocycles. The highest BCUT2D eigenvalue weighted by Gasteiger charge is 2.33. The third-order valence-electron chi connectivity index (χ3n) is 4.24. The number of carbonyl (C=O) groups excluding carboxylic acids is 2. The summed E-state index contributed by atoms with van der Waals surface area (Å²) in [6, 6.07) is 0.183. The Morgan fingerprint density at radius 3 is 2.45 bits per heavy atom. The number of hydrogen-bond acceptors (Lipinski definition) is 3. The van der Waals surface area contributed by atoms with Gasteiger partial charge in [-0.05, 0) is 32.6 Å². The van der Waals surface area contributed by atoms with E-state index in [9.17, 15) is 9.59 Å². The van der Waals surface area contributed by atoms with E-state index in [0.717, 1.165) is 38.5 Å². The van der Waals surface area contributed by atoms with E-state index in [0.29, 0.717) is 19.0 Å². The third-order valence-corrected chi connectivity index (χ3v) is 4.24. The zero-order chi connectivity index (χ0) is 14.5. The van der Waals surface area contributed by atoms with Gasteiger partial charge in [0, 0.05) is 31.0 Å². The Bertz CT molecular complexity index is 349. The number of nitrogens with one attached hydrogen (secondary N) is 1. The topological polar surface area (TPSA) is 69.6 Å². The van der Waals surface area contributed by atoms with Crippen LogP contribution in [0.5, 0.6) is 0 Å². The largest absolute Gasteiger partial charge is 0.395 e. The summed E-state index contributed by atoms with van der Waals surface area (Å²) in [6.45, 7) is 2.30. The average molecular weight is 282 g/mol. The predicted molar refractivity (Wildman–Crippen MR) is 76.0 cm³/mol. The van der Waals surface area contributed by atoms with Crippen molar-refractivity contribution < 1.29 is 14.7 Å². The van der Waals surface area contributed by atoms with E-state index in [-0.39, 0.29) is 30.4 Å². The molecule has 2 saturated carbocycles. The normalized spacial score (nSPS) is 20.7. The predicted octanol–water partition coefficient (Wildman–Crippen LogP) is 1.05. The smallest absolute Gasteiger partial charge is 0.224 e. The second-order valence-corrected chi connectivity index (χ2v) is 6.14. The maximum absolute atomic E-state index is 12.2. The van der Waals surface area contributed by atoms with Crippen LogP contribution >= 0.6 is 0 Å². The van der Waals surface area contributed by atoms with E-state index in [1.165, 1.54) is 0 Å². The van der Waals surface area contributed by atoms with Crippen molar-refractivity contribution >= 4 is 11.8 Å². The quantitative estimate of drug-likeness (QED) is 0.733. The van der Waals surface area contributed by atoms with E-state index in [2.05, 4.69) is 5.32 Å². The van der Waals surface area contributed by atoms with Crippen LogP contribution in [0.15, 0.2) is 0 Å². The zero-order valence-corrected chi connectivity index (χ0v) is 12.3. The fourth-order valence-electron chi connectivity index (χ4n) is 2.98. The van der Waals surface area contributed by atoms with Gasteiger partial charge >= 0.3 is 0 Å². The van der Waals surface area contributed by atoms with Gasteiger partial charge in [-0.1, -0.05) is 12.8 Å². The van der Waals surface area contributed by atoms with Gasteiger partial charge in [0.25, 0.3) is 0 Å². The number of aliphatic hydroxyl groups excluding tert-OH is 1. The van der Waals surface area contributed by atoms with Gasteiger partial charge < -0.3 is 15.3 Å². The van der Waals surface area contributed by atoms with Crippen molar-refractivity contribution in [2.24, 2.45) is 5.92 Å². The van der Waals surface area contributed by atoms with E-state index in [4.69, 9.17) is 5.11 Å². The zero-order valence-electron chi connectivity index (χ0n) is 12.3. The van der Waals surface area contributed by atoms with Crippen LogP contribution < -0.4 is 5.32 Å². The number of hydrogen-bond donors (Lipinski definition) is 2. The molecule has 0 aromatic heterocycles. The summed E-state index contributed by atoms with van der Waals surface area (Å²) < 4.78 is 0. The summed E-state index contributed by atoms with van der Waals surface area (Å²) in [6.07, 6.45) is 6.63. The van der Waals surface area contributed by atoms with Crippen LogP contribution in [-0.2, 0) is 9.59 Å². The molecule has 2 amide bonds. The molecule has 0 bridgehead atoms. The van der Waals surface area contributed by atoms with Gasteiger partial charge in [-0.15, -0.1) is 0 Å². The van der Waals surface area contributed by atoms with Crippen LogP contribution in [0.4, 0.5) is 0 Å². The Morgan fingerprint density at radius 1 is 1.25 bits per heavy atom. The molecule has 0 heterocycles. The molecule has 114 valence electrons. The van der Waals surface area contributed by atoms with Crippen molar-refractivity contribution in [2.75, 3.05) is 13.2 Å². The molecule has 1 unspecified atom stereocenters. The van der Waals surface area contributed by atoms with Crippen LogP contribution in [-0.4, -0.2) is 47.1 Å². The Morgan fingerprint density at radius 2 is 1.90 bits per heavy atom. The first kappa shape index (κ1) is 15.3. The van der Waals surface area contributed by atoms with Gasteiger partial charge in [0.1, 0.15) is 0 Å². The third kappa shape index (κ3) is 4.20. The highest BCUT2D eigenvalue weighted by molar-refractivity contribution is 5.81. The molecule has 2 aliphatic rings. The molecule has 0 saturated heterocycles. The molecule has 2 aliphatic carbocycles. The first-order valence-corrected chi connectivity index (χ1v) is 7.82. The van der Waals surface area contributed by atoms with Crippen molar-refractivity contribution in [2.45, 2.75) is 64.0 Å². The monoisotopic (exact) mass is 282 g/mol. The molecule has 2 N–H and O–H groups in total. The molecule has 2 rings (SSSR count). The lowest BCUT2D eigenvalue weighted by atomic mass is 10.1. The highest BCUT2D eigenvalue weighted by Crippen LogP contribution is 2.27. The maximum Gasteiger partial charge on any atom is 0.224 e. The van der Waals surface area contributed by atoms with Crippen LogP contribution in [0, 0.1) is 5.92 Å². The van der Waals surface area contributed by atoms with Crippen LogP contribution in [0.25, 0.3) is 0 Å². The minimum atomic E-state index is -0.129. The standard InChI is InChI=1S/C15H26N2O3/c1-11(16-15(20)12-4-2-3-5-12)10-14(19)17(8-9-18)13-6-7-13/h11-13,18H,2-10H2,1H3,(H,16,20). The van der Waals surface area contributed by atoms with Crippen LogP contribution in [0.3, 0.4) is 0 Å². The fourth-order valence-corrected chi connectivity index (χ4v) is 2.98. The van der Waals surface area contributed by atoms with Crippen molar-refractivity contribution in [1.82, 2.24) is 10.2 Å². The van der Waals surface area contributed by atoms with Crippen molar-refractivity contribution in [3.63, 3.8) is 0 Å². The van der Waals surface area contributed by atoms with Gasteiger partial charge in [0.05, 0.1) is 6.61 Å². The summed E-state index contributed by atoms with van der Waals surface area (Å²) in [7, 11) is 0. The summed E-state index contributed by atoms with van der Waals surface area (Å²) in [4.78, 5) is 26.0. The van der Waals surface area contributed by atoms with Gasteiger partial charge in [0.2, 0.25) is 11.8 Å². The van der Waals surface area contributed by atoms with Crippen molar-refractivity contribution in [3.8, 4) is 0 Å². The molecular weight excluding hydrogens is 256 g/mol. The van der Waals surface area contributed by atoms with Crippen LogP contribution in [0.2, 0.25) is 0 Å². The van der Waals surface area contributed by atoms with Crippen LogP contribution in [0.1, 0.15) is 51.9 Å². The lowest BCUT2D eigenvalue weighted by molar-refractivity contribution is -0.133. The number of nitrogens with zero attached hydrogens (tertiary/aromatic N) is 1. The number of rotatable bonds is 7.